The van der Waals surface area contributed by atoms with Crippen molar-refractivity contribution >= 4 is 0 Å². The normalized spacial score (nSPS) is 39.2. The molecule has 0 aromatic carbocycles. The minimum Gasteiger partial charge on any atom is -0.317 e. The Morgan fingerprint density at radius 2 is 1.80 bits per heavy atom. The molecule has 0 aromatic rings. The second-order valence-corrected chi connectivity index (χ2v) is 5.18. The third-order valence-corrected chi connectivity index (χ3v) is 4.28. The Kier molecular flexibility index (Phi) is 2.95. The van der Waals surface area contributed by atoms with E-state index in [1.165, 1.54) is 51.6 Å². The Morgan fingerprint density at radius 1 is 1.00 bits per heavy atom. The fraction of sp³-hybridized carbons (Fsp3) is 0.917. The predicted octanol–water partition coefficient (Wildman–Crippen LogP) is 1.07. The summed E-state index contributed by atoms with van der Waals surface area (Å²) >= 11 is 0. The molecule has 0 bridgehead atoms. The molecule has 3 nitrogen and oxygen atoms in total. The summed E-state index contributed by atoms with van der Waals surface area (Å²) in [5, 5.41) is 7.04. The lowest BCUT2D eigenvalue weighted by Gasteiger charge is -2.37. The second-order valence-electron chi connectivity index (χ2n) is 5.18. The molecular weight excluding hydrogens is 186 g/mol. The molecule has 15 heavy (non-hydrogen) atoms. The van der Waals surface area contributed by atoms with Crippen LogP contribution < -0.4 is 10.6 Å². The van der Waals surface area contributed by atoms with E-state index in [1.54, 1.807) is 0 Å². The summed E-state index contributed by atoms with van der Waals surface area (Å²) in [6, 6.07) is 2.36. The fourth-order valence-corrected chi connectivity index (χ4v) is 3.42. The summed E-state index contributed by atoms with van der Waals surface area (Å²) in [5.41, 5.74) is 0. The van der Waals surface area contributed by atoms with Crippen LogP contribution >= 0.6 is 0 Å². The zero-order valence-corrected chi connectivity index (χ0v) is 9.41. The third-order valence-electron chi connectivity index (χ3n) is 4.28. The van der Waals surface area contributed by atoms with Gasteiger partial charge in [0.2, 0.25) is 0 Å². The van der Waals surface area contributed by atoms with Gasteiger partial charge in [-0.05, 0) is 38.8 Å². The van der Waals surface area contributed by atoms with E-state index in [0.29, 0.717) is 0 Å². The first-order chi connectivity index (χ1) is 7.45. The first-order valence-electron chi connectivity index (χ1n) is 6.53. The monoisotopic (exact) mass is 208 g/mol. The Morgan fingerprint density at radius 3 is 2.67 bits per heavy atom. The highest BCUT2D eigenvalue weighted by Gasteiger charge is 2.39. The maximum Gasteiger partial charge on any atom is 0.0902 e. The Bertz CT molecular complexity index is 213. The molecule has 2 atom stereocenters. The Hall–Kier alpha value is -0.120. The van der Waals surface area contributed by atoms with Crippen molar-refractivity contribution in [2.24, 2.45) is 0 Å². The molecule has 3 fully saturated rings. The van der Waals surface area contributed by atoms with Crippen LogP contribution in [-0.2, 0) is 0 Å². The van der Waals surface area contributed by atoms with Crippen LogP contribution in [0.1, 0.15) is 38.5 Å². The van der Waals surface area contributed by atoms with Crippen molar-refractivity contribution in [1.82, 2.24) is 15.5 Å². The topological polar surface area (TPSA) is 27.3 Å². The molecule has 0 spiro atoms. The van der Waals surface area contributed by atoms with E-state index in [9.17, 15) is 0 Å². The molecule has 3 rings (SSSR count). The highest BCUT2D eigenvalue weighted by Crippen LogP contribution is 2.31. The molecule has 3 aliphatic rings. The van der Waals surface area contributed by atoms with Crippen molar-refractivity contribution in [1.29, 1.82) is 0 Å². The number of piperidine rings is 1. The van der Waals surface area contributed by atoms with Crippen LogP contribution in [0.5, 0.6) is 0 Å². The van der Waals surface area contributed by atoms with Crippen LogP contribution in [-0.4, -0.2) is 36.1 Å². The molecule has 2 aliphatic heterocycles. The highest BCUT2D eigenvalue weighted by atomic mass is 15.3. The molecule has 0 aromatic heterocycles. The van der Waals surface area contributed by atoms with Gasteiger partial charge in [-0.15, -0.1) is 0 Å². The summed E-state index contributed by atoms with van der Waals surface area (Å²) in [7, 11) is 0. The maximum atomic E-state index is 3.59. The zero-order valence-electron chi connectivity index (χ0n) is 9.41. The van der Waals surface area contributed by atoms with Crippen molar-refractivity contribution in [3.63, 3.8) is 0 Å². The van der Waals surface area contributed by atoms with Crippen LogP contribution in [0.3, 0.4) is 0 Å². The summed E-state index contributed by atoms with van der Waals surface area (Å²) in [5.74, 6) is 0. The van der Waals surface area contributed by atoms with Crippen LogP contribution in [0.15, 0.2) is 0 Å². The maximum absolute atomic E-state index is 3.59. The first-order valence-corrected chi connectivity index (χ1v) is 6.53. The van der Waals surface area contributed by atoms with E-state index in [0.717, 1.165) is 18.1 Å². The van der Waals surface area contributed by atoms with E-state index >= 15 is 0 Å². The molecule has 0 amide bonds. The average Bonchev–Trinajstić information content (AvgIpc) is 2.74. The summed E-state index contributed by atoms with van der Waals surface area (Å²) in [4.78, 5) is 2.64. The molecule has 1 radical (unpaired) electrons. The minimum atomic E-state index is 0.758. The number of fused-ring (bicyclic) bond motifs is 1. The van der Waals surface area contributed by atoms with Crippen molar-refractivity contribution in [3.8, 4) is 0 Å². The van der Waals surface area contributed by atoms with Crippen molar-refractivity contribution in [3.05, 3.63) is 6.67 Å². The molecular formula is C12H22N3. The number of nitrogens with one attached hydrogen (secondary N) is 2. The van der Waals surface area contributed by atoms with Crippen molar-refractivity contribution in [2.75, 3.05) is 13.1 Å². The molecule has 85 valence electrons. The van der Waals surface area contributed by atoms with E-state index in [-0.39, 0.29) is 0 Å². The van der Waals surface area contributed by atoms with Gasteiger partial charge < -0.3 is 5.32 Å². The van der Waals surface area contributed by atoms with Gasteiger partial charge in [0.05, 0.1) is 6.67 Å². The molecule has 2 saturated heterocycles. The van der Waals surface area contributed by atoms with Gasteiger partial charge in [0, 0.05) is 18.1 Å². The summed E-state index contributed by atoms with van der Waals surface area (Å²) < 4.78 is 0. The van der Waals surface area contributed by atoms with Crippen LogP contribution in [0.25, 0.3) is 0 Å². The predicted molar refractivity (Wildman–Crippen MR) is 61.2 cm³/mol. The van der Waals surface area contributed by atoms with Gasteiger partial charge in [-0.1, -0.05) is 12.8 Å². The van der Waals surface area contributed by atoms with Gasteiger partial charge in [-0.2, -0.15) is 0 Å². The van der Waals surface area contributed by atoms with Gasteiger partial charge in [-0.25, -0.2) is 0 Å². The van der Waals surface area contributed by atoms with Crippen LogP contribution in [0.4, 0.5) is 0 Å². The molecule has 1 saturated carbocycles. The lowest BCUT2D eigenvalue weighted by atomic mass is 9.89. The third kappa shape index (κ3) is 1.93. The smallest absolute Gasteiger partial charge is 0.0902 e. The van der Waals surface area contributed by atoms with Gasteiger partial charge in [-0.3, -0.25) is 10.2 Å². The number of hydrogen-bond acceptors (Lipinski definition) is 3. The molecule has 3 heteroatoms. The fourth-order valence-electron chi connectivity index (χ4n) is 3.42. The molecule has 2 unspecified atom stereocenters. The molecule has 2 heterocycles. The largest absolute Gasteiger partial charge is 0.317 e. The van der Waals surface area contributed by atoms with Gasteiger partial charge in [0.15, 0.2) is 0 Å². The number of hydrogen-bond donors (Lipinski definition) is 2. The van der Waals surface area contributed by atoms with E-state index < -0.39 is 0 Å². The Labute approximate surface area is 92.6 Å². The SMILES string of the molecule is [CH]1NC2CCCCC2N1C1CCNCC1. The molecule has 2 N–H and O–H groups in total. The number of rotatable bonds is 1. The summed E-state index contributed by atoms with van der Waals surface area (Å²) in [6.07, 6.45) is 8.27. The van der Waals surface area contributed by atoms with E-state index in [4.69, 9.17) is 0 Å². The molecule has 1 aliphatic carbocycles. The van der Waals surface area contributed by atoms with Crippen molar-refractivity contribution < 1.29 is 0 Å². The van der Waals surface area contributed by atoms with Gasteiger partial charge in [0.1, 0.15) is 0 Å². The van der Waals surface area contributed by atoms with E-state index in [2.05, 4.69) is 22.2 Å². The van der Waals surface area contributed by atoms with Crippen LogP contribution in [0.2, 0.25) is 0 Å². The lowest BCUT2D eigenvalue weighted by Crippen LogP contribution is -2.47. The second kappa shape index (κ2) is 4.40. The van der Waals surface area contributed by atoms with Gasteiger partial charge >= 0.3 is 0 Å². The van der Waals surface area contributed by atoms with Crippen molar-refractivity contribution in [2.45, 2.75) is 56.7 Å². The van der Waals surface area contributed by atoms with E-state index in [1.807, 2.05) is 0 Å². The lowest BCUT2D eigenvalue weighted by molar-refractivity contribution is 0.145. The highest BCUT2D eigenvalue weighted by molar-refractivity contribution is 5.00. The van der Waals surface area contributed by atoms with Crippen LogP contribution in [0, 0.1) is 6.67 Å². The number of nitrogens with zero attached hydrogens (tertiary/aromatic N) is 1. The minimum absolute atomic E-state index is 0.758. The Balaban J connectivity index is 1.65. The first kappa shape index (κ1) is 10.1. The average molecular weight is 208 g/mol. The van der Waals surface area contributed by atoms with Gasteiger partial charge in [0.25, 0.3) is 0 Å². The quantitative estimate of drug-likeness (QED) is 0.675. The summed E-state index contributed by atoms with van der Waals surface area (Å²) in [6.45, 7) is 4.69. The zero-order chi connectivity index (χ0) is 10.1. The standard InChI is InChI=1S/C12H22N3/c1-2-4-12-11(3-1)14-9-15(12)10-5-7-13-8-6-10/h9-14H,1-8H2.